The summed E-state index contributed by atoms with van der Waals surface area (Å²) in [6.45, 7) is 4.85. The Morgan fingerprint density at radius 3 is 1.70 bits per heavy atom. The Hall–Kier alpha value is -7.32. The Morgan fingerprint density at radius 2 is 1.14 bits per heavy atom. The van der Waals surface area contributed by atoms with E-state index in [9.17, 15) is 28.8 Å². The Bertz CT molecular complexity index is 3350. The molecule has 0 aliphatic carbocycles. The highest BCUT2D eigenvalue weighted by molar-refractivity contribution is 9.10. The number of nitrogens with zero attached hydrogens (tertiary/aromatic N) is 8. The average Bonchev–Trinajstić information content (AvgIpc) is 3.88. The number of carbonyl (C=O) groups excluding carboxylic acids is 2. The zero-order valence-corrected chi connectivity index (χ0v) is 39.8. The number of rotatable bonds is 10. The molecule has 0 aliphatic rings. The molecule has 0 spiro atoms. The van der Waals surface area contributed by atoms with Crippen LogP contribution >= 0.6 is 31.9 Å². The van der Waals surface area contributed by atoms with Crippen LogP contribution in [0.1, 0.15) is 45.7 Å². The summed E-state index contributed by atoms with van der Waals surface area (Å²) in [4.78, 5) is 81.5. The molecular formula is C46H44Br2N8O10. The fourth-order valence-electron chi connectivity index (χ4n) is 6.67. The molecule has 0 aliphatic heterocycles. The molecule has 8 rings (SSSR count). The normalized spacial score (nSPS) is 10.8. The van der Waals surface area contributed by atoms with E-state index < -0.39 is 23.2 Å². The highest BCUT2D eigenvalue weighted by Gasteiger charge is 2.22. The van der Waals surface area contributed by atoms with E-state index in [1.807, 2.05) is 48.5 Å². The number of halogens is 2. The summed E-state index contributed by atoms with van der Waals surface area (Å²) in [7, 11) is 6.05. The van der Waals surface area contributed by atoms with Crippen LogP contribution in [0.25, 0.3) is 22.3 Å². The maximum absolute atomic E-state index is 13.0. The first-order chi connectivity index (χ1) is 31.5. The molecule has 4 aromatic carbocycles. The number of hydrogen-bond acceptors (Lipinski definition) is 12. The molecular weight excluding hydrogens is 984 g/mol. The van der Waals surface area contributed by atoms with Crippen molar-refractivity contribution < 1.29 is 28.9 Å². The van der Waals surface area contributed by atoms with Gasteiger partial charge in [0.1, 0.15) is 11.5 Å². The molecule has 1 N–H and O–H groups in total. The van der Waals surface area contributed by atoms with Crippen LogP contribution in [0.4, 0.5) is 0 Å². The maximum Gasteiger partial charge on any atom is 0.338 e. The van der Waals surface area contributed by atoms with Gasteiger partial charge in [0.2, 0.25) is 0 Å². The Morgan fingerprint density at radius 1 is 0.621 bits per heavy atom. The lowest BCUT2D eigenvalue weighted by Gasteiger charge is -2.11. The van der Waals surface area contributed by atoms with Gasteiger partial charge in [-0.15, -0.1) is 0 Å². The second-order valence-electron chi connectivity index (χ2n) is 14.5. The van der Waals surface area contributed by atoms with Crippen molar-refractivity contribution in [2.75, 3.05) is 13.2 Å². The molecule has 4 aromatic heterocycles. The topological polar surface area (TPSA) is 206 Å². The second-order valence-corrected chi connectivity index (χ2v) is 16.3. The van der Waals surface area contributed by atoms with Crippen molar-refractivity contribution in [3.8, 4) is 17.5 Å². The molecule has 0 fully saturated rings. The van der Waals surface area contributed by atoms with Crippen LogP contribution in [0.15, 0.2) is 132 Å². The molecule has 0 radical (unpaired) electrons. The van der Waals surface area contributed by atoms with Crippen LogP contribution < -0.4 is 27.2 Å². The predicted molar refractivity (Wildman–Crippen MR) is 253 cm³/mol. The van der Waals surface area contributed by atoms with Gasteiger partial charge in [0, 0.05) is 43.7 Å². The van der Waals surface area contributed by atoms with Gasteiger partial charge in [-0.25, -0.2) is 24.2 Å². The van der Waals surface area contributed by atoms with E-state index in [1.165, 1.54) is 41.4 Å². The molecule has 4 heterocycles. The molecule has 0 saturated carbocycles. The van der Waals surface area contributed by atoms with Gasteiger partial charge in [0.25, 0.3) is 11.1 Å². The predicted octanol–water partition coefficient (Wildman–Crippen LogP) is 6.03. The van der Waals surface area contributed by atoms with Crippen LogP contribution in [-0.4, -0.2) is 67.6 Å². The smallest absolute Gasteiger partial charge is 0.338 e. The third-order valence-electron chi connectivity index (χ3n) is 9.91. The molecule has 20 heteroatoms. The molecule has 342 valence electrons. The number of hydrogen-bond donors (Lipinski definition) is 1. The van der Waals surface area contributed by atoms with E-state index in [1.54, 1.807) is 73.7 Å². The van der Waals surface area contributed by atoms with Gasteiger partial charge in [-0.1, -0.05) is 68.3 Å². The molecule has 8 aromatic rings. The monoisotopic (exact) mass is 1030 g/mol. The van der Waals surface area contributed by atoms with Crippen molar-refractivity contribution in [3.63, 3.8) is 0 Å². The Kier molecular flexibility index (Phi) is 15.4. The fourth-order valence-corrected chi connectivity index (χ4v) is 7.56. The number of ether oxygens (including phenoxy) is 3. The number of aryl methyl sites for hydroxylation is 2. The summed E-state index contributed by atoms with van der Waals surface area (Å²) < 4.78 is 25.9. The number of benzene rings is 4. The van der Waals surface area contributed by atoms with Gasteiger partial charge in [0.15, 0.2) is 22.3 Å². The second kappa shape index (κ2) is 21.1. The number of esters is 2. The lowest BCUT2D eigenvalue weighted by molar-refractivity contribution is 0.0516. The van der Waals surface area contributed by atoms with Gasteiger partial charge < -0.3 is 23.9 Å². The van der Waals surface area contributed by atoms with Gasteiger partial charge in [0.05, 0.1) is 37.2 Å². The first kappa shape index (κ1) is 48.1. The van der Waals surface area contributed by atoms with Crippen molar-refractivity contribution in [3.05, 3.63) is 176 Å². The van der Waals surface area contributed by atoms with Gasteiger partial charge in [-0.3, -0.25) is 32.4 Å². The minimum absolute atomic E-state index is 0.0700. The van der Waals surface area contributed by atoms with E-state index in [0.717, 1.165) is 29.2 Å². The summed E-state index contributed by atoms with van der Waals surface area (Å²) in [5, 5.41) is 9.02. The van der Waals surface area contributed by atoms with Gasteiger partial charge in [-0.05, 0) is 85.6 Å². The highest BCUT2D eigenvalue weighted by Crippen LogP contribution is 2.27. The number of imidazole rings is 2. The minimum Gasteiger partial charge on any atom is -0.508 e. The summed E-state index contributed by atoms with van der Waals surface area (Å²) in [5.41, 5.74) is 2.22. The third kappa shape index (κ3) is 10.8. The number of aromatic nitrogens is 8. The standard InChI is InChI=1S/C23H21BrN4O5.C14H13BrN4O2.C9H10O3/c1-4-32-21(30)15-8-6-10-17(12-15)33-22-25-19-18(20(29)27(3)23(31)26(19)2)28(22)13-14-7-5-9-16(24)11-14;1-17-12-11(13(20)18(2)14(17)21)19(8-16-12)7-9-4-3-5-10(15)6-9;1-2-12-9(11)7-4-3-5-8(10)6-7/h5-12H,4,13H2,1-3H3;3-6,8H,7H2,1-2H3;3-6,10H,2H2,1H3. The van der Waals surface area contributed by atoms with E-state index in [2.05, 4.69) is 41.8 Å². The minimum atomic E-state index is -0.490. The van der Waals surface area contributed by atoms with Crippen molar-refractivity contribution >= 4 is 66.1 Å². The Labute approximate surface area is 392 Å². The summed E-state index contributed by atoms with van der Waals surface area (Å²) in [5.74, 6) is -0.469. The highest BCUT2D eigenvalue weighted by atomic mass is 79.9. The number of aromatic hydroxyl groups is 1. The number of phenolic OH excluding ortho intramolecular Hbond substituents is 1. The van der Waals surface area contributed by atoms with Crippen LogP contribution in [0, 0.1) is 0 Å². The quantitative estimate of drug-likeness (QED) is 0.156. The molecule has 0 bridgehead atoms. The van der Waals surface area contributed by atoms with Crippen LogP contribution in [0.5, 0.6) is 17.5 Å². The third-order valence-corrected chi connectivity index (χ3v) is 10.9. The van der Waals surface area contributed by atoms with E-state index in [4.69, 9.17) is 19.3 Å². The first-order valence-electron chi connectivity index (χ1n) is 20.2. The first-order valence-corrected chi connectivity index (χ1v) is 21.8. The summed E-state index contributed by atoms with van der Waals surface area (Å²) >= 11 is 6.89. The molecule has 0 atom stereocenters. The number of phenols is 1. The van der Waals surface area contributed by atoms with Crippen molar-refractivity contribution in [1.29, 1.82) is 0 Å². The van der Waals surface area contributed by atoms with Crippen LogP contribution in [-0.2, 0) is 50.8 Å². The number of fused-ring (bicyclic) bond motifs is 2. The molecule has 66 heavy (non-hydrogen) atoms. The maximum atomic E-state index is 13.0. The van der Waals surface area contributed by atoms with Crippen molar-refractivity contribution in [2.45, 2.75) is 26.9 Å². The van der Waals surface area contributed by atoms with Gasteiger partial charge >= 0.3 is 29.3 Å². The van der Waals surface area contributed by atoms with Crippen molar-refractivity contribution in [1.82, 2.24) is 37.4 Å². The summed E-state index contributed by atoms with van der Waals surface area (Å²) in [6, 6.07) is 28.1. The van der Waals surface area contributed by atoms with Crippen LogP contribution in [0.2, 0.25) is 0 Å². The SMILES string of the molecule is CCOC(=O)c1cccc(O)c1.CCOC(=O)c1cccc(Oc2nc3c(c(=O)n(C)c(=O)n3C)n2Cc2cccc(Br)c2)c1.Cn1c(=O)c2c(ncn2Cc2cccc(Br)c2)n(C)c1=O. The average molecular weight is 1030 g/mol. The molecule has 18 nitrogen and oxygen atoms in total. The fraction of sp³-hybridized carbons (Fsp3) is 0.217. The molecule has 0 unspecified atom stereocenters. The zero-order valence-electron chi connectivity index (χ0n) is 36.6. The Balaban J connectivity index is 0.000000185. The lowest BCUT2D eigenvalue weighted by atomic mass is 10.2. The van der Waals surface area contributed by atoms with Crippen molar-refractivity contribution in [2.24, 2.45) is 28.2 Å². The molecule has 0 saturated heterocycles. The lowest BCUT2D eigenvalue weighted by Crippen LogP contribution is -2.37. The van der Waals surface area contributed by atoms with Gasteiger partial charge in [-0.2, -0.15) is 4.98 Å². The zero-order chi connectivity index (χ0) is 47.8. The van der Waals surface area contributed by atoms with E-state index in [-0.39, 0.29) is 47.3 Å². The summed E-state index contributed by atoms with van der Waals surface area (Å²) in [6.07, 6.45) is 1.59. The van der Waals surface area contributed by atoms with Crippen LogP contribution in [0.3, 0.4) is 0 Å². The molecule has 0 amide bonds. The largest absolute Gasteiger partial charge is 0.508 e. The van der Waals surface area contributed by atoms with E-state index >= 15 is 0 Å². The number of carbonyl (C=O) groups is 2. The van der Waals surface area contributed by atoms with E-state index in [0.29, 0.717) is 41.2 Å².